The highest BCUT2D eigenvalue weighted by Crippen LogP contribution is 2.64. The second kappa shape index (κ2) is 18.9. The van der Waals surface area contributed by atoms with E-state index in [0.717, 1.165) is 6.92 Å². The molecule has 1 spiro atoms. The third-order valence-electron chi connectivity index (χ3n) is 15.0. The van der Waals surface area contributed by atoms with E-state index in [4.69, 9.17) is 28.4 Å². The summed E-state index contributed by atoms with van der Waals surface area (Å²) < 4.78 is 36.6. The first-order valence-electron chi connectivity index (χ1n) is 23.2. The molecule has 2 aliphatic heterocycles. The lowest BCUT2D eigenvalue weighted by Gasteiger charge is -2.67. The minimum Gasteiger partial charge on any atom is -0.456 e. The first-order chi connectivity index (χ1) is 32.7. The van der Waals surface area contributed by atoms with E-state index in [1.54, 1.807) is 50.2 Å². The zero-order chi connectivity index (χ0) is 49.6. The molecular weight excluding hydrogens is 895 g/mol. The first-order valence-corrected chi connectivity index (χ1v) is 23.2. The number of Topliss-reactive ketones (excluding diaryl/α,β-unsaturated/α-hetero) is 1. The second-order valence-corrected chi connectivity index (χ2v) is 19.4. The van der Waals surface area contributed by atoms with Crippen LogP contribution >= 0.6 is 0 Å². The largest absolute Gasteiger partial charge is 0.456 e. The standard InChI is InChI=1S/C52H57NO16/c1-28-34-26-52(63)45(68-47(61)31-18-11-7-12-19-31)43-50(5,44(59)42(65-29(2)54)39(28)49(52,3)4)35(55)25-36-51(43,27-64-36)69-38(57)23-14-8-13-22-37(56)66-33-21-15-20-32(24-33)40(41(58)48(62)67-34)53-46(60)30-16-9-6-10-17-30/h6-7,9-12,15-21,24,34-36,40-43,45,55,58,63H,8,13-14,22-23,25-27H2,1-5H3,(H,53,60)/t34-,35-,36+,40-,41+,42+,43?,45?,50+,51-,52+/m0/s1. The summed E-state index contributed by atoms with van der Waals surface area (Å²) in [5, 5.41) is 40.9. The van der Waals surface area contributed by atoms with Gasteiger partial charge in [-0.2, -0.15) is 0 Å². The normalized spacial score (nSPS) is 33.6. The molecule has 5 aliphatic rings. The first kappa shape index (κ1) is 49.2. The minimum atomic E-state index is -2.44. The quantitative estimate of drug-likeness (QED) is 0.118. The van der Waals surface area contributed by atoms with Gasteiger partial charge < -0.3 is 49.1 Å². The van der Waals surface area contributed by atoms with Crippen LogP contribution in [-0.2, 0) is 47.7 Å². The van der Waals surface area contributed by atoms with Crippen LogP contribution in [0.1, 0.15) is 112 Å². The summed E-state index contributed by atoms with van der Waals surface area (Å²) in [7, 11) is 0. The number of fused-ring (bicyclic) bond motifs is 4. The maximum atomic E-state index is 15.7. The Balaban J connectivity index is 1.32. The maximum Gasteiger partial charge on any atom is 0.338 e. The number of benzene rings is 3. The monoisotopic (exact) mass is 951 g/mol. The Hall–Kier alpha value is -6.27. The van der Waals surface area contributed by atoms with Crippen molar-refractivity contribution in [2.45, 2.75) is 133 Å². The van der Waals surface area contributed by atoms with Crippen LogP contribution in [0.15, 0.2) is 96.1 Å². The highest BCUT2D eigenvalue weighted by molar-refractivity contribution is 5.96. The van der Waals surface area contributed by atoms with Crippen LogP contribution in [-0.4, -0.2) is 111 Å². The lowest BCUT2D eigenvalue weighted by atomic mass is 9.44. The van der Waals surface area contributed by atoms with Gasteiger partial charge in [0.05, 0.1) is 35.6 Å². The van der Waals surface area contributed by atoms with E-state index in [9.17, 15) is 44.1 Å². The third-order valence-corrected chi connectivity index (χ3v) is 15.0. The molecule has 6 bridgehead atoms. The van der Waals surface area contributed by atoms with Crippen LogP contribution in [0.3, 0.4) is 0 Å². The van der Waals surface area contributed by atoms with Crippen molar-refractivity contribution in [2.24, 2.45) is 16.7 Å². The van der Waals surface area contributed by atoms with Crippen LogP contribution < -0.4 is 10.1 Å². The molecule has 2 saturated carbocycles. The van der Waals surface area contributed by atoms with Crippen molar-refractivity contribution in [1.82, 2.24) is 5.32 Å². The molecule has 8 rings (SSSR count). The highest BCUT2D eigenvalue weighted by atomic mass is 16.6. The van der Waals surface area contributed by atoms with E-state index in [-0.39, 0.29) is 65.9 Å². The molecule has 69 heavy (non-hydrogen) atoms. The van der Waals surface area contributed by atoms with Crippen LogP contribution in [0.5, 0.6) is 5.75 Å². The highest BCUT2D eigenvalue weighted by Gasteiger charge is 2.78. The second-order valence-electron chi connectivity index (χ2n) is 19.4. The summed E-state index contributed by atoms with van der Waals surface area (Å²) in [6.45, 7) is 6.74. The van der Waals surface area contributed by atoms with Crippen molar-refractivity contribution in [2.75, 3.05) is 6.61 Å². The summed E-state index contributed by atoms with van der Waals surface area (Å²) in [6.07, 6.45) is -10.3. The van der Waals surface area contributed by atoms with E-state index in [0.29, 0.717) is 12.8 Å². The molecule has 3 fully saturated rings. The van der Waals surface area contributed by atoms with Crippen molar-refractivity contribution in [3.8, 4) is 5.75 Å². The minimum absolute atomic E-state index is 0.0349. The van der Waals surface area contributed by atoms with Gasteiger partial charge in [0.2, 0.25) is 0 Å². The Morgan fingerprint density at radius 3 is 2.10 bits per heavy atom. The number of nitrogens with one attached hydrogen (secondary N) is 1. The molecule has 0 radical (unpaired) electrons. The SMILES string of the molecule is CC(=O)O[C@H]1C(=O)[C@@]2(C)C3C(OC(=O)c4ccccc4)[C@]4(O)C[C@H](OC(=O)[C@H](O)[C@@H](NC(=O)c5ccccc5)c5cccc(c5)OC(=O)CCCCCC(=O)O[C@]35CO[C@@H]5C[C@@H]2O)C(C)=C1C4(C)C. The molecule has 366 valence electrons. The number of hydrogen-bond acceptors (Lipinski definition) is 16. The van der Waals surface area contributed by atoms with Gasteiger partial charge in [0.15, 0.2) is 23.6 Å². The van der Waals surface area contributed by atoms with Gasteiger partial charge in [-0.05, 0) is 79.8 Å². The topological polar surface area (TPSA) is 248 Å². The van der Waals surface area contributed by atoms with Gasteiger partial charge in [0.1, 0.15) is 29.7 Å². The van der Waals surface area contributed by atoms with Crippen molar-refractivity contribution < 1.29 is 77.3 Å². The smallest absolute Gasteiger partial charge is 0.338 e. The zero-order valence-corrected chi connectivity index (χ0v) is 39.0. The van der Waals surface area contributed by atoms with Crippen LogP contribution in [0, 0.1) is 16.7 Å². The summed E-state index contributed by atoms with van der Waals surface area (Å²) >= 11 is 0. The fraction of sp³-hybridized carbons (Fsp3) is 0.481. The number of esters is 5. The average Bonchev–Trinajstić information content (AvgIpc) is 3.31. The van der Waals surface area contributed by atoms with E-state index in [1.165, 1.54) is 62.4 Å². The Labute approximate surface area is 398 Å². The Morgan fingerprint density at radius 2 is 1.46 bits per heavy atom. The predicted molar refractivity (Wildman–Crippen MR) is 241 cm³/mol. The Kier molecular flexibility index (Phi) is 13.5. The maximum absolute atomic E-state index is 15.7. The van der Waals surface area contributed by atoms with Crippen molar-refractivity contribution in [1.29, 1.82) is 0 Å². The molecule has 2 unspecified atom stereocenters. The fourth-order valence-corrected chi connectivity index (χ4v) is 11.2. The zero-order valence-electron chi connectivity index (χ0n) is 39.0. The molecule has 17 nitrogen and oxygen atoms in total. The van der Waals surface area contributed by atoms with E-state index >= 15 is 4.79 Å². The summed E-state index contributed by atoms with van der Waals surface area (Å²) in [5.74, 6) is -7.64. The van der Waals surface area contributed by atoms with Crippen LogP contribution in [0.2, 0.25) is 0 Å². The van der Waals surface area contributed by atoms with Crippen LogP contribution in [0.4, 0.5) is 0 Å². The molecule has 2 heterocycles. The third kappa shape index (κ3) is 8.74. The molecule has 3 aromatic rings. The van der Waals surface area contributed by atoms with Crippen molar-refractivity contribution in [3.05, 3.63) is 113 Å². The van der Waals surface area contributed by atoms with Crippen LogP contribution in [0.25, 0.3) is 0 Å². The number of aliphatic hydroxyl groups excluding tert-OH is 2. The number of carbonyl (C=O) groups excluding carboxylic acids is 7. The molecule has 3 aromatic carbocycles. The van der Waals surface area contributed by atoms with Gasteiger partial charge in [-0.3, -0.25) is 24.0 Å². The predicted octanol–water partition coefficient (Wildman–Crippen LogP) is 4.59. The van der Waals surface area contributed by atoms with E-state index < -0.39 is 119 Å². The van der Waals surface area contributed by atoms with Crippen molar-refractivity contribution >= 4 is 41.5 Å². The summed E-state index contributed by atoms with van der Waals surface area (Å²) in [5.41, 5.74) is -7.64. The number of hydrogen-bond donors (Lipinski definition) is 4. The van der Waals surface area contributed by atoms with Gasteiger partial charge in [0, 0.05) is 43.6 Å². The molecule has 3 aliphatic carbocycles. The van der Waals surface area contributed by atoms with Gasteiger partial charge >= 0.3 is 29.8 Å². The molecule has 0 aromatic heterocycles. The Morgan fingerprint density at radius 1 is 0.812 bits per heavy atom. The average molecular weight is 952 g/mol. The molecule has 17 heteroatoms. The molecule has 1 saturated heterocycles. The number of carbonyl (C=O) groups is 7. The lowest BCUT2D eigenvalue weighted by molar-refractivity contribution is -0.346. The number of rotatable bonds is 5. The van der Waals surface area contributed by atoms with Gasteiger partial charge in [0.25, 0.3) is 5.91 Å². The van der Waals surface area contributed by atoms with Gasteiger partial charge in [-0.15, -0.1) is 0 Å². The number of amides is 1. The lowest BCUT2D eigenvalue weighted by Crippen LogP contribution is -2.82. The molecular formula is C52H57NO16. The van der Waals surface area contributed by atoms with E-state index in [1.807, 2.05) is 0 Å². The Bertz CT molecular complexity index is 2560. The molecule has 4 N–H and O–H groups in total. The molecule has 1 amide bonds. The number of aliphatic hydroxyl groups is 3. The number of ether oxygens (including phenoxy) is 6. The van der Waals surface area contributed by atoms with Gasteiger partial charge in [-0.25, -0.2) is 9.59 Å². The van der Waals surface area contributed by atoms with Crippen molar-refractivity contribution in [3.63, 3.8) is 0 Å². The fourth-order valence-electron chi connectivity index (χ4n) is 11.2. The summed E-state index contributed by atoms with van der Waals surface area (Å²) in [6, 6.07) is 20.2. The summed E-state index contributed by atoms with van der Waals surface area (Å²) in [4.78, 5) is 98.9. The van der Waals surface area contributed by atoms with E-state index in [2.05, 4.69) is 5.32 Å². The van der Waals surface area contributed by atoms with Gasteiger partial charge in [-0.1, -0.05) is 68.8 Å². The molecule has 11 atom stereocenters. The number of ketones is 1.